The first-order valence-electron chi connectivity index (χ1n) is 37.5. The predicted molar refractivity (Wildman–Crippen MR) is 368 cm³/mol. The van der Waals surface area contributed by atoms with Gasteiger partial charge in [0, 0.05) is 73.6 Å². The number of aliphatic hydroxyl groups excluding tert-OH is 3. The molecule has 0 radical (unpaired) electrons. The zero-order chi connectivity index (χ0) is 65.2. The summed E-state index contributed by atoms with van der Waals surface area (Å²) in [6, 6.07) is 2.55. The Hall–Kier alpha value is -1.83. The second-order valence-electron chi connectivity index (χ2n) is 28.4. The molecular formula is C75H149N3O9. The number of aliphatic hydroxyl groups is 3. The van der Waals surface area contributed by atoms with Gasteiger partial charge in [-0.1, -0.05) is 213 Å². The zero-order valence-electron chi connectivity index (χ0n) is 60.3. The van der Waals surface area contributed by atoms with Crippen LogP contribution in [-0.2, 0) is 28.6 Å². The third-order valence-electron chi connectivity index (χ3n) is 18.4. The van der Waals surface area contributed by atoms with Gasteiger partial charge < -0.3 is 29.5 Å². The molecular weight excluding hydrogens is 1090 g/mol. The van der Waals surface area contributed by atoms with Gasteiger partial charge in [-0.05, 0) is 141 Å². The molecule has 0 amide bonds. The molecule has 6 atom stereocenters. The summed E-state index contributed by atoms with van der Waals surface area (Å²) < 4.78 is 17.3. The van der Waals surface area contributed by atoms with E-state index in [1.807, 2.05) is 0 Å². The number of hydrogen-bond acceptors (Lipinski definition) is 12. The molecule has 0 aromatic carbocycles. The third-order valence-corrected chi connectivity index (χ3v) is 18.4. The van der Waals surface area contributed by atoms with Gasteiger partial charge in [-0.15, -0.1) is 0 Å². The van der Waals surface area contributed by atoms with Crippen LogP contribution in [0.25, 0.3) is 0 Å². The number of rotatable bonds is 62. The summed E-state index contributed by atoms with van der Waals surface area (Å²) in [5, 5.41) is 34.4. The summed E-state index contributed by atoms with van der Waals surface area (Å²) in [5.74, 6) is -1.06. The molecule has 0 bridgehead atoms. The summed E-state index contributed by atoms with van der Waals surface area (Å²) in [6.07, 6.45) is 40.3. The summed E-state index contributed by atoms with van der Waals surface area (Å²) in [4.78, 5) is 47.1. The number of carbonyl (C=O) groups is 3. The third kappa shape index (κ3) is 43.6. The van der Waals surface area contributed by atoms with E-state index >= 15 is 0 Å². The highest BCUT2D eigenvalue weighted by Gasteiger charge is 2.32. The number of carbonyl (C=O) groups excluding carboxylic acids is 3. The summed E-state index contributed by atoms with van der Waals surface area (Å²) in [7, 11) is 0. The second kappa shape index (κ2) is 55.8. The van der Waals surface area contributed by atoms with Gasteiger partial charge in [0.05, 0.1) is 18.3 Å². The van der Waals surface area contributed by atoms with E-state index in [-0.39, 0.29) is 86.8 Å². The fourth-order valence-corrected chi connectivity index (χ4v) is 14.0. The molecule has 518 valence electrons. The Morgan fingerprint density at radius 1 is 0.287 bits per heavy atom. The summed E-state index contributed by atoms with van der Waals surface area (Å²) in [6.45, 7) is 33.3. The van der Waals surface area contributed by atoms with Crippen molar-refractivity contribution in [3.05, 3.63) is 0 Å². The molecule has 0 aromatic heterocycles. The van der Waals surface area contributed by atoms with Crippen molar-refractivity contribution in [1.82, 2.24) is 14.7 Å². The largest absolute Gasteiger partial charge is 0.462 e. The van der Waals surface area contributed by atoms with Crippen LogP contribution in [0.4, 0.5) is 0 Å². The van der Waals surface area contributed by atoms with E-state index in [2.05, 4.69) is 119 Å². The van der Waals surface area contributed by atoms with Crippen LogP contribution >= 0.6 is 0 Å². The zero-order valence-corrected chi connectivity index (χ0v) is 60.3. The molecule has 0 aromatic rings. The average Bonchev–Trinajstić information content (AvgIpc) is 3.19. The van der Waals surface area contributed by atoms with E-state index in [0.29, 0.717) is 55.5 Å². The highest BCUT2D eigenvalue weighted by molar-refractivity contribution is 5.71. The maximum Gasteiger partial charge on any atom is 0.306 e. The number of unbranched alkanes of at least 4 members (excludes halogenated alkanes) is 27. The molecule has 0 saturated heterocycles. The molecule has 3 N–H and O–H groups in total. The monoisotopic (exact) mass is 1240 g/mol. The first-order chi connectivity index (χ1) is 41.6. The summed E-state index contributed by atoms with van der Waals surface area (Å²) >= 11 is 0. The lowest BCUT2D eigenvalue weighted by Gasteiger charge is -2.41. The van der Waals surface area contributed by atoms with Crippen molar-refractivity contribution in [2.24, 2.45) is 0 Å². The topological polar surface area (TPSA) is 149 Å². The Balaban J connectivity index is 5.47. The fourth-order valence-electron chi connectivity index (χ4n) is 14.0. The lowest BCUT2D eigenvalue weighted by atomic mass is 9.94. The van der Waals surface area contributed by atoms with Crippen LogP contribution in [0.3, 0.4) is 0 Å². The molecule has 6 unspecified atom stereocenters. The molecule has 0 rings (SSSR count). The fraction of sp³-hybridized carbons (Fsp3) is 0.960. The highest BCUT2D eigenvalue weighted by Crippen LogP contribution is 2.27. The molecule has 0 spiro atoms. The minimum atomic E-state index is -0.879. The Bertz CT molecular complexity index is 1480. The number of hydrogen-bond donors (Lipinski definition) is 3. The van der Waals surface area contributed by atoms with Crippen LogP contribution in [0.1, 0.15) is 374 Å². The maximum atomic E-state index is 13.3. The molecule has 0 aliphatic heterocycles. The predicted octanol–water partition coefficient (Wildman–Crippen LogP) is 19.0. The first kappa shape index (κ1) is 85.2. The number of ether oxygens (including phenoxy) is 3. The van der Waals surface area contributed by atoms with E-state index in [0.717, 1.165) is 135 Å². The molecule has 0 aliphatic rings. The maximum absolute atomic E-state index is 13.3. The van der Waals surface area contributed by atoms with Gasteiger partial charge in [-0.2, -0.15) is 0 Å². The average molecular weight is 1240 g/mol. The van der Waals surface area contributed by atoms with Crippen molar-refractivity contribution in [1.29, 1.82) is 0 Å². The van der Waals surface area contributed by atoms with E-state index in [4.69, 9.17) is 14.2 Å². The van der Waals surface area contributed by atoms with E-state index in [1.165, 1.54) is 96.3 Å². The van der Waals surface area contributed by atoms with Gasteiger partial charge in [-0.25, -0.2) is 0 Å². The number of esters is 3. The van der Waals surface area contributed by atoms with Crippen LogP contribution in [0.15, 0.2) is 0 Å². The molecule has 0 aliphatic carbocycles. The van der Waals surface area contributed by atoms with Gasteiger partial charge >= 0.3 is 17.9 Å². The molecule has 0 fully saturated rings. The second-order valence-corrected chi connectivity index (χ2v) is 28.4. The van der Waals surface area contributed by atoms with E-state index < -0.39 is 6.10 Å². The van der Waals surface area contributed by atoms with Gasteiger partial charge in [0.1, 0.15) is 13.2 Å². The van der Waals surface area contributed by atoms with Crippen LogP contribution in [0.2, 0.25) is 0 Å². The Morgan fingerprint density at radius 2 is 0.494 bits per heavy atom. The van der Waals surface area contributed by atoms with Gasteiger partial charge in [0.25, 0.3) is 0 Å². The Labute approximate surface area is 539 Å². The van der Waals surface area contributed by atoms with Crippen molar-refractivity contribution in [2.45, 2.75) is 452 Å². The molecule has 87 heavy (non-hydrogen) atoms. The van der Waals surface area contributed by atoms with Gasteiger partial charge in [0.15, 0.2) is 6.10 Å². The van der Waals surface area contributed by atoms with Crippen LogP contribution in [0.5, 0.6) is 0 Å². The van der Waals surface area contributed by atoms with E-state index in [9.17, 15) is 29.7 Å². The normalized spacial score (nSPS) is 14.8. The Kier molecular flexibility index (Phi) is 54.6. The van der Waals surface area contributed by atoms with Crippen molar-refractivity contribution in [3.63, 3.8) is 0 Å². The van der Waals surface area contributed by atoms with Crippen molar-refractivity contribution >= 4 is 17.9 Å². The van der Waals surface area contributed by atoms with Gasteiger partial charge in [0.2, 0.25) is 0 Å². The van der Waals surface area contributed by atoms with Crippen molar-refractivity contribution < 1.29 is 43.9 Å². The highest BCUT2D eigenvalue weighted by atomic mass is 16.6. The van der Waals surface area contributed by atoms with Crippen molar-refractivity contribution in [3.8, 4) is 0 Å². The quantitative estimate of drug-likeness (QED) is 0.0302. The lowest BCUT2D eigenvalue weighted by Crippen LogP contribution is -2.50. The standard InChI is InChI=1S/C75H149N3O9/c1-16-19-22-25-34-43-52-70(79)67(76(60(4)5)61(6)7)49-40-31-28-37-46-55-73(82)85-58-66(87-75(84)57-48-39-30-33-42-51-69(78(64(12)13)65(14)15)72(81)54-45-36-27-24-21-18-3)59-86-74(83)56-47-38-29-32-41-50-68(77(62(8)9)63(10)11)71(80)53-44-35-26-23-20-17-2/h60-72,79-81H,16-59H2,1-15H3. The molecule has 12 heteroatoms. The van der Waals surface area contributed by atoms with Crippen LogP contribution in [0, 0.1) is 0 Å². The smallest absolute Gasteiger partial charge is 0.306 e. The van der Waals surface area contributed by atoms with Crippen molar-refractivity contribution in [2.75, 3.05) is 13.2 Å². The van der Waals surface area contributed by atoms with Crippen LogP contribution < -0.4 is 0 Å². The van der Waals surface area contributed by atoms with Gasteiger partial charge in [-0.3, -0.25) is 29.1 Å². The molecule has 12 nitrogen and oxygen atoms in total. The minimum Gasteiger partial charge on any atom is -0.462 e. The van der Waals surface area contributed by atoms with Crippen LogP contribution in [-0.4, -0.2) is 140 Å². The first-order valence-corrected chi connectivity index (χ1v) is 37.5. The minimum absolute atomic E-state index is 0.135. The Morgan fingerprint density at radius 3 is 0.736 bits per heavy atom. The number of nitrogens with zero attached hydrogens (tertiary/aromatic N) is 3. The lowest BCUT2D eigenvalue weighted by molar-refractivity contribution is -0.167. The van der Waals surface area contributed by atoms with E-state index in [1.54, 1.807) is 0 Å². The SMILES string of the molecule is CCCCCCCCC(O)C(CCCCCCCC(=O)OCC(COC(=O)CCCCCCCC(C(O)CCCCCCCC)N(C(C)C)C(C)C)OC(=O)CCCCCCCC(C(O)CCCCCCCC)N(C(C)C)C(C)C)N(C(C)C)C(C)C. The summed E-state index contributed by atoms with van der Waals surface area (Å²) in [5.41, 5.74) is 0. The molecule has 0 heterocycles. The molecule has 0 saturated carbocycles.